The minimum atomic E-state index is 0.467. The number of rotatable bonds is 7. The van der Waals surface area contributed by atoms with Crippen LogP contribution in [0.3, 0.4) is 0 Å². The van der Waals surface area contributed by atoms with Gasteiger partial charge >= 0.3 is 0 Å². The van der Waals surface area contributed by atoms with Gasteiger partial charge in [-0.05, 0) is 26.3 Å². The molecular formula is C12H22N2S. The third-order valence-electron chi connectivity index (χ3n) is 2.48. The molecule has 0 radical (unpaired) electrons. The fourth-order valence-corrected chi connectivity index (χ4v) is 2.29. The van der Waals surface area contributed by atoms with Gasteiger partial charge in [-0.1, -0.05) is 26.7 Å². The average molecular weight is 226 g/mol. The number of aryl methyl sites for hydroxylation is 1. The summed E-state index contributed by atoms with van der Waals surface area (Å²) in [6, 6.07) is 0.467. The first kappa shape index (κ1) is 12.7. The van der Waals surface area contributed by atoms with Crippen LogP contribution in [0.5, 0.6) is 0 Å². The van der Waals surface area contributed by atoms with E-state index in [4.69, 9.17) is 0 Å². The molecule has 1 rings (SSSR count). The fourth-order valence-electron chi connectivity index (χ4n) is 1.62. The topological polar surface area (TPSA) is 24.9 Å². The summed E-state index contributed by atoms with van der Waals surface area (Å²) in [5.41, 5.74) is 1.24. The second-order valence-corrected chi connectivity index (χ2v) is 5.00. The molecule has 0 amide bonds. The van der Waals surface area contributed by atoms with E-state index in [-0.39, 0.29) is 0 Å². The van der Waals surface area contributed by atoms with E-state index in [0.717, 1.165) is 6.54 Å². The lowest BCUT2D eigenvalue weighted by Crippen LogP contribution is -2.22. The molecule has 0 saturated carbocycles. The summed E-state index contributed by atoms with van der Waals surface area (Å²) in [4.78, 5) is 4.57. The van der Waals surface area contributed by atoms with Crippen LogP contribution in [0, 0.1) is 6.92 Å². The van der Waals surface area contributed by atoms with Gasteiger partial charge in [-0.3, -0.25) is 0 Å². The Balaban J connectivity index is 2.54. The maximum Gasteiger partial charge on any atom is 0.0898 e. The van der Waals surface area contributed by atoms with Crippen molar-refractivity contribution in [3.8, 4) is 0 Å². The first-order valence-electron chi connectivity index (χ1n) is 5.93. The molecule has 0 aliphatic heterocycles. The van der Waals surface area contributed by atoms with Gasteiger partial charge in [-0.25, -0.2) is 4.98 Å². The molecule has 1 heterocycles. The van der Waals surface area contributed by atoms with E-state index >= 15 is 0 Å². The predicted molar refractivity (Wildman–Crippen MR) is 67.4 cm³/mol. The average Bonchev–Trinajstić information content (AvgIpc) is 2.65. The largest absolute Gasteiger partial charge is 0.309 e. The number of unbranched alkanes of at least 4 members (excludes halogenated alkanes) is 1. The van der Waals surface area contributed by atoms with Crippen LogP contribution in [-0.4, -0.2) is 11.5 Å². The standard InChI is InChI=1S/C12H22N2S/c1-4-6-7-11(13-8-5-2)12-9-15-10(3)14-12/h9,11,13H,4-8H2,1-3H3. The van der Waals surface area contributed by atoms with Crippen molar-refractivity contribution >= 4 is 11.3 Å². The van der Waals surface area contributed by atoms with Crippen molar-refractivity contribution in [2.75, 3.05) is 6.54 Å². The Hall–Kier alpha value is -0.410. The Morgan fingerprint density at radius 2 is 2.20 bits per heavy atom. The van der Waals surface area contributed by atoms with Crippen molar-refractivity contribution in [1.82, 2.24) is 10.3 Å². The Morgan fingerprint density at radius 3 is 2.73 bits per heavy atom. The quantitative estimate of drug-likeness (QED) is 0.767. The highest BCUT2D eigenvalue weighted by molar-refractivity contribution is 7.09. The maximum atomic E-state index is 4.57. The van der Waals surface area contributed by atoms with Crippen molar-refractivity contribution in [1.29, 1.82) is 0 Å². The number of hydrogen-bond acceptors (Lipinski definition) is 3. The number of hydrogen-bond donors (Lipinski definition) is 1. The van der Waals surface area contributed by atoms with Gasteiger partial charge in [0.1, 0.15) is 0 Å². The monoisotopic (exact) mass is 226 g/mol. The molecule has 0 aliphatic carbocycles. The normalized spacial score (nSPS) is 13.0. The molecule has 1 unspecified atom stereocenters. The molecule has 15 heavy (non-hydrogen) atoms. The van der Waals surface area contributed by atoms with E-state index in [1.807, 2.05) is 0 Å². The van der Waals surface area contributed by atoms with Gasteiger partial charge < -0.3 is 5.32 Å². The summed E-state index contributed by atoms with van der Waals surface area (Å²) in [5.74, 6) is 0. The van der Waals surface area contributed by atoms with E-state index in [0.29, 0.717) is 6.04 Å². The lowest BCUT2D eigenvalue weighted by Gasteiger charge is -2.15. The van der Waals surface area contributed by atoms with E-state index in [1.165, 1.54) is 36.4 Å². The van der Waals surface area contributed by atoms with Crippen LogP contribution in [0.25, 0.3) is 0 Å². The SMILES string of the molecule is CCCCC(NCCC)c1csc(C)n1. The molecule has 1 aromatic heterocycles. The summed E-state index contributed by atoms with van der Waals surface area (Å²) in [6.07, 6.45) is 4.93. The second-order valence-electron chi connectivity index (χ2n) is 3.94. The van der Waals surface area contributed by atoms with Gasteiger partial charge in [-0.2, -0.15) is 0 Å². The third-order valence-corrected chi connectivity index (χ3v) is 3.27. The highest BCUT2D eigenvalue weighted by Crippen LogP contribution is 2.21. The van der Waals surface area contributed by atoms with Gasteiger partial charge in [0.15, 0.2) is 0 Å². The van der Waals surface area contributed by atoms with E-state index < -0.39 is 0 Å². The van der Waals surface area contributed by atoms with Crippen LogP contribution >= 0.6 is 11.3 Å². The lowest BCUT2D eigenvalue weighted by atomic mass is 10.1. The van der Waals surface area contributed by atoms with Gasteiger partial charge in [0.2, 0.25) is 0 Å². The molecule has 1 aromatic rings. The minimum Gasteiger partial charge on any atom is -0.309 e. The molecule has 0 aromatic carbocycles. The fraction of sp³-hybridized carbons (Fsp3) is 0.750. The first-order chi connectivity index (χ1) is 7.27. The van der Waals surface area contributed by atoms with Crippen LogP contribution in [-0.2, 0) is 0 Å². The Kier molecular flexibility index (Phi) is 5.88. The van der Waals surface area contributed by atoms with E-state index in [9.17, 15) is 0 Å². The highest BCUT2D eigenvalue weighted by atomic mass is 32.1. The zero-order valence-corrected chi connectivity index (χ0v) is 10.9. The Bertz CT molecular complexity index is 262. The second kappa shape index (κ2) is 6.96. The molecule has 2 nitrogen and oxygen atoms in total. The first-order valence-corrected chi connectivity index (χ1v) is 6.81. The molecule has 0 fully saturated rings. The van der Waals surface area contributed by atoms with E-state index in [1.54, 1.807) is 11.3 Å². The van der Waals surface area contributed by atoms with Crippen molar-refractivity contribution in [3.05, 3.63) is 16.1 Å². The lowest BCUT2D eigenvalue weighted by molar-refractivity contribution is 0.473. The zero-order valence-electron chi connectivity index (χ0n) is 10.0. The molecular weight excluding hydrogens is 204 g/mol. The number of aromatic nitrogens is 1. The summed E-state index contributed by atoms with van der Waals surface area (Å²) >= 11 is 1.75. The highest BCUT2D eigenvalue weighted by Gasteiger charge is 2.12. The summed E-state index contributed by atoms with van der Waals surface area (Å²) in [5, 5.41) is 6.94. The van der Waals surface area contributed by atoms with Gasteiger partial charge in [0, 0.05) is 5.38 Å². The Morgan fingerprint density at radius 1 is 1.40 bits per heavy atom. The molecule has 0 saturated heterocycles. The van der Waals surface area contributed by atoms with Crippen molar-refractivity contribution in [2.24, 2.45) is 0 Å². The third kappa shape index (κ3) is 4.31. The van der Waals surface area contributed by atoms with Gasteiger partial charge in [0.25, 0.3) is 0 Å². The smallest absolute Gasteiger partial charge is 0.0898 e. The Labute approximate surface area is 97.1 Å². The van der Waals surface area contributed by atoms with Gasteiger partial charge in [-0.15, -0.1) is 11.3 Å². The predicted octanol–water partition coefficient (Wildman–Crippen LogP) is 3.68. The summed E-state index contributed by atoms with van der Waals surface area (Å²) in [6.45, 7) is 7.61. The van der Waals surface area contributed by atoms with Crippen molar-refractivity contribution in [3.63, 3.8) is 0 Å². The van der Waals surface area contributed by atoms with Crippen LogP contribution in [0.15, 0.2) is 5.38 Å². The minimum absolute atomic E-state index is 0.467. The zero-order chi connectivity index (χ0) is 11.1. The van der Waals surface area contributed by atoms with Crippen molar-refractivity contribution < 1.29 is 0 Å². The van der Waals surface area contributed by atoms with Crippen molar-refractivity contribution in [2.45, 2.75) is 52.5 Å². The number of thiazole rings is 1. The van der Waals surface area contributed by atoms with Crippen LogP contribution in [0.1, 0.15) is 56.3 Å². The van der Waals surface area contributed by atoms with Crippen LogP contribution in [0.2, 0.25) is 0 Å². The number of nitrogens with one attached hydrogen (secondary N) is 1. The molecule has 3 heteroatoms. The molecule has 0 aliphatic rings. The van der Waals surface area contributed by atoms with E-state index in [2.05, 4.69) is 36.5 Å². The van der Waals surface area contributed by atoms with Crippen LogP contribution < -0.4 is 5.32 Å². The molecule has 86 valence electrons. The maximum absolute atomic E-state index is 4.57. The molecule has 1 atom stereocenters. The molecule has 0 spiro atoms. The molecule has 1 N–H and O–H groups in total. The number of nitrogens with zero attached hydrogens (tertiary/aromatic N) is 1. The summed E-state index contributed by atoms with van der Waals surface area (Å²) in [7, 11) is 0. The van der Waals surface area contributed by atoms with Crippen LogP contribution in [0.4, 0.5) is 0 Å². The molecule has 0 bridgehead atoms. The van der Waals surface area contributed by atoms with Gasteiger partial charge in [0.05, 0.1) is 16.7 Å². The summed E-state index contributed by atoms with van der Waals surface area (Å²) < 4.78 is 0.